The van der Waals surface area contributed by atoms with Crippen molar-refractivity contribution in [1.82, 2.24) is 4.90 Å². The van der Waals surface area contributed by atoms with Crippen molar-refractivity contribution in [1.29, 1.82) is 0 Å². The summed E-state index contributed by atoms with van der Waals surface area (Å²) in [4.78, 5) is 12.8. The number of sulfone groups is 1. The highest BCUT2D eigenvalue weighted by Crippen LogP contribution is 2.19. The summed E-state index contributed by atoms with van der Waals surface area (Å²) in [5.74, 6) is -0.878. The van der Waals surface area contributed by atoms with E-state index >= 15 is 0 Å². The molecule has 6 nitrogen and oxygen atoms in total. The molecule has 0 aromatic heterocycles. The maximum Gasteiger partial charge on any atom is 0.304 e. The molecule has 2 fully saturated rings. The maximum atomic E-state index is 11.6. The highest BCUT2D eigenvalue weighted by molar-refractivity contribution is 7.91. The van der Waals surface area contributed by atoms with Gasteiger partial charge < -0.3 is 9.84 Å². The lowest BCUT2D eigenvalue weighted by molar-refractivity contribution is -0.138. The standard InChI is InChI=1S/C11H19NO5S/c13-11(14)6-9-8-18(15,16)5-3-12(9)7-10-2-1-4-17-10/h9-10H,1-8H2,(H,13,14). The van der Waals surface area contributed by atoms with Crippen molar-refractivity contribution < 1.29 is 23.1 Å². The van der Waals surface area contributed by atoms with Crippen molar-refractivity contribution in [3.63, 3.8) is 0 Å². The predicted molar refractivity (Wildman–Crippen MR) is 65.2 cm³/mol. The van der Waals surface area contributed by atoms with Crippen LogP contribution in [0.4, 0.5) is 0 Å². The molecule has 0 saturated carbocycles. The Morgan fingerprint density at radius 3 is 2.83 bits per heavy atom. The molecule has 1 N–H and O–H groups in total. The lowest BCUT2D eigenvalue weighted by atomic mass is 10.1. The summed E-state index contributed by atoms with van der Waals surface area (Å²) in [7, 11) is -3.09. The minimum absolute atomic E-state index is 0.0496. The maximum absolute atomic E-state index is 11.6. The summed E-state index contributed by atoms with van der Waals surface area (Å²) >= 11 is 0. The van der Waals surface area contributed by atoms with Crippen molar-refractivity contribution in [3.05, 3.63) is 0 Å². The van der Waals surface area contributed by atoms with E-state index in [4.69, 9.17) is 9.84 Å². The van der Waals surface area contributed by atoms with Gasteiger partial charge in [-0.3, -0.25) is 9.69 Å². The van der Waals surface area contributed by atoms with Crippen LogP contribution in [0, 0.1) is 0 Å². The van der Waals surface area contributed by atoms with E-state index in [1.165, 1.54) is 0 Å². The van der Waals surface area contributed by atoms with Crippen LogP contribution in [0.25, 0.3) is 0 Å². The fourth-order valence-electron chi connectivity index (χ4n) is 2.60. The fraction of sp³-hybridized carbons (Fsp3) is 0.909. The number of aliphatic carboxylic acids is 1. The highest BCUT2D eigenvalue weighted by atomic mass is 32.2. The molecule has 2 aliphatic heterocycles. The van der Waals surface area contributed by atoms with Gasteiger partial charge in [0.25, 0.3) is 0 Å². The molecule has 2 unspecified atom stereocenters. The summed E-state index contributed by atoms with van der Waals surface area (Å²) in [6, 6.07) is -0.412. The number of ether oxygens (including phenoxy) is 1. The van der Waals surface area contributed by atoms with Gasteiger partial charge in [0.2, 0.25) is 0 Å². The van der Waals surface area contributed by atoms with E-state index in [9.17, 15) is 13.2 Å². The van der Waals surface area contributed by atoms with Gasteiger partial charge in [0.15, 0.2) is 9.84 Å². The zero-order chi connectivity index (χ0) is 13.2. The molecule has 0 aromatic rings. The van der Waals surface area contributed by atoms with Gasteiger partial charge in [-0.2, -0.15) is 0 Å². The summed E-state index contributed by atoms with van der Waals surface area (Å²) in [5, 5.41) is 8.86. The molecule has 2 rings (SSSR count). The fourth-order valence-corrected chi connectivity index (χ4v) is 4.19. The second kappa shape index (κ2) is 5.54. The van der Waals surface area contributed by atoms with Crippen molar-refractivity contribution in [2.45, 2.75) is 31.4 Å². The van der Waals surface area contributed by atoms with Gasteiger partial charge in [-0.1, -0.05) is 0 Å². The molecule has 0 bridgehead atoms. The Morgan fingerprint density at radius 1 is 1.44 bits per heavy atom. The number of rotatable bonds is 4. The Balaban J connectivity index is 1.99. The lowest BCUT2D eigenvalue weighted by Crippen LogP contribution is -2.51. The van der Waals surface area contributed by atoms with E-state index in [1.807, 2.05) is 4.90 Å². The first kappa shape index (κ1) is 13.8. The number of carboxylic acid groups (broad SMARTS) is 1. The molecule has 0 aliphatic carbocycles. The van der Waals surface area contributed by atoms with E-state index in [0.717, 1.165) is 19.4 Å². The molecule has 2 heterocycles. The first-order valence-electron chi connectivity index (χ1n) is 6.24. The summed E-state index contributed by atoms with van der Waals surface area (Å²) in [6.07, 6.45) is 2.01. The predicted octanol–water partition coefficient (Wildman–Crippen LogP) is -0.261. The number of nitrogens with zero attached hydrogens (tertiary/aromatic N) is 1. The molecule has 2 saturated heterocycles. The Kier molecular flexibility index (Phi) is 4.24. The van der Waals surface area contributed by atoms with Gasteiger partial charge in [0, 0.05) is 25.7 Å². The van der Waals surface area contributed by atoms with Crippen LogP contribution in [-0.2, 0) is 19.4 Å². The van der Waals surface area contributed by atoms with Crippen LogP contribution in [0.15, 0.2) is 0 Å². The van der Waals surface area contributed by atoms with Crippen LogP contribution >= 0.6 is 0 Å². The zero-order valence-electron chi connectivity index (χ0n) is 10.2. The largest absolute Gasteiger partial charge is 0.481 e. The summed E-state index contributed by atoms with van der Waals surface area (Å²) in [6.45, 7) is 1.81. The second-order valence-electron chi connectivity index (χ2n) is 5.00. The van der Waals surface area contributed by atoms with Crippen molar-refractivity contribution in [2.75, 3.05) is 31.2 Å². The van der Waals surface area contributed by atoms with Crippen LogP contribution < -0.4 is 0 Å². The Hall–Kier alpha value is -0.660. The van der Waals surface area contributed by atoms with Gasteiger partial charge in [-0.05, 0) is 12.8 Å². The molecule has 7 heteroatoms. The van der Waals surface area contributed by atoms with Gasteiger partial charge in [-0.25, -0.2) is 8.42 Å². The van der Waals surface area contributed by atoms with E-state index in [0.29, 0.717) is 13.1 Å². The van der Waals surface area contributed by atoms with Crippen LogP contribution in [0.3, 0.4) is 0 Å². The average Bonchev–Trinajstić information content (AvgIpc) is 2.73. The minimum atomic E-state index is -3.09. The number of carbonyl (C=O) groups is 1. The monoisotopic (exact) mass is 277 g/mol. The van der Waals surface area contributed by atoms with Crippen molar-refractivity contribution in [2.24, 2.45) is 0 Å². The molecule has 0 spiro atoms. The average molecular weight is 277 g/mol. The van der Waals surface area contributed by atoms with Gasteiger partial charge in [-0.15, -0.1) is 0 Å². The molecule has 0 aromatic carbocycles. The van der Waals surface area contributed by atoms with Crippen LogP contribution in [0.2, 0.25) is 0 Å². The van der Waals surface area contributed by atoms with E-state index < -0.39 is 21.8 Å². The first-order valence-corrected chi connectivity index (χ1v) is 8.06. The lowest BCUT2D eigenvalue weighted by Gasteiger charge is -2.35. The molecule has 18 heavy (non-hydrogen) atoms. The third-order valence-electron chi connectivity index (χ3n) is 3.52. The normalized spacial score (nSPS) is 32.4. The quantitative estimate of drug-likeness (QED) is 0.762. The Morgan fingerprint density at radius 2 is 2.22 bits per heavy atom. The van der Waals surface area contributed by atoms with E-state index in [1.54, 1.807) is 0 Å². The topological polar surface area (TPSA) is 83.9 Å². The Labute approximate surface area is 107 Å². The molecule has 2 aliphatic rings. The second-order valence-corrected chi connectivity index (χ2v) is 7.22. The van der Waals surface area contributed by atoms with Crippen LogP contribution in [-0.4, -0.2) is 67.7 Å². The molecule has 104 valence electrons. The van der Waals surface area contributed by atoms with Crippen molar-refractivity contribution >= 4 is 15.8 Å². The number of carboxylic acids is 1. The van der Waals surface area contributed by atoms with Gasteiger partial charge in [0.05, 0.1) is 24.0 Å². The van der Waals surface area contributed by atoms with E-state index in [-0.39, 0.29) is 24.0 Å². The first-order chi connectivity index (χ1) is 8.46. The minimum Gasteiger partial charge on any atom is -0.481 e. The number of hydrogen-bond donors (Lipinski definition) is 1. The summed E-state index contributed by atoms with van der Waals surface area (Å²) < 4.78 is 28.7. The molecular formula is C11H19NO5S. The van der Waals surface area contributed by atoms with Gasteiger partial charge >= 0.3 is 5.97 Å². The van der Waals surface area contributed by atoms with Crippen LogP contribution in [0.1, 0.15) is 19.3 Å². The third-order valence-corrected chi connectivity index (χ3v) is 5.22. The summed E-state index contributed by atoms with van der Waals surface area (Å²) in [5.41, 5.74) is 0. The number of hydrogen-bond acceptors (Lipinski definition) is 5. The van der Waals surface area contributed by atoms with Crippen LogP contribution in [0.5, 0.6) is 0 Å². The van der Waals surface area contributed by atoms with Crippen molar-refractivity contribution in [3.8, 4) is 0 Å². The van der Waals surface area contributed by atoms with E-state index in [2.05, 4.69) is 0 Å². The zero-order valence-corrected chi connectivity index (χ0v) is 11.1. The smallest absolute Gasteiger partial charge is 0.304 e. The molecule has 0 amide bonds. The Bertz CT molecular complexity index is 402. The third kappa shape index (κ3) is 3.66. The molecule has 2 atom stereocenters. The SMILES string of the molecule is O=C(O)CC1CS(=O)(=O)CCN1CC1CCCO1. The molecule has 0 radical (unpaired) electrons. The van der Waals surface area contributed by atoms with Gasteiger partial charge in [0.1, 0.15) is 0 Å². The highest BCUT2D eigenvalue weighted by Gasteiger charge is 2.34. The molecular weight excluding hydrogens is 258 g/mol.